The molecule has 0 aliphatic heterocycles. The van der Waals surface area contributed by atoms with Gasteiger partial charge in [-0.1, -0.05) is 29.8 Å². The van der Waals surface area contributed by atoms with Crippen molar-refractivity contribution in [2.75, 3.05) is 10.6 Å². The summed E-state index contributed by atoms with van der Waals surface area (Å²) >= 11 is 5.71. The first-order valence-electron chi connectivity index (χ1n) is 7.44. The van der Waals surface area contributed by atoms with Gasteiger partial charge in [-0.15, -0.1) is 0 Å². The van der Waals surface area contributed by atoms with Crippen LogP contribution in [-0.2, 0) is 0 Å². The number of para-hydroxylation sites is 1. The summed E-state index contributed by atoms with van der Waals surface area (Å²) in [6.45, 7) is 1.97. The summed E-state index contributed by atoms with van der Waals surface area (Å²) < 4.78 is 13.2. The standard InChI is InChI=1S/C18H14ClFN4O/c1-11-4-2-3-5-15(11)24-17-9-16(21-10-22-17)18(25)23-12-6-7-14(20)13(19)8-12/h2-10H,1H3,(H,23,25)(H,21,22,24). The zero-order valence-corrected chi connectivity index (χ0v) is 14.0. The van der Waals surface area contributed by atoms with Crippen LogP contribution in [0.3, 0.4) is 0 Å². The smallest absolute Gasteiger partial charge is 0.274 e. The maximum Gasteiger partial charge on any atom is 0.274 e. The minimum atomic E-state index is -0.550. The van der Waals surface area contributed by atoms with Crippen molar-refractivity contribution in [3.05, 3.63) is 77.0 Å². The van der Waals surface area contributed by atoms with E-state index in [4.69, 9.17) is 11.6 Å². The SMILES string of the molecule is Cc1ccccc1Nc1cc(C(=O)Nc2ccc(F)c(Cl)c2)ncn1. The molecule has 2 aromatic carbocycles. The summed E-state index contributed by atoms with van der Waals surface area (Å²) in [5, 5.41) is 5.70. The van der Waals surface area contributed by atoms with E-state index in [0.29, 0.717) is 11.5 Å². The lowest BCUT2D eigenvalue weighted by Gasteiger charge is -2.09. The molecule has 126 valence electrons. The number of aryl methyl sites for hydroxylation is 1. The van der Waals surface area contributed by atoms with E-state index < -0.39 is 11.7 Å². The molecule has 0 saturated heterocycles. The summed E-state index contributed by atoms with van der Waals surface area (Å²) in [4.78, 5) is 20.4. The highest BCUT2D eigenvalue weighted by Crippen LogP contribution is 2.21. The van der Waals surface area contributed by atoms with Crippen LogP contribution < -0.4 is 10.6 Å². The highest BCUT2D eigenvalue weighted by molar-refractivity contribution is 6.31. The summed E-state index contributed by atoms with van der Waals surface area (Å²) in [6, 6.07) is 13.2. The van der Waals surface area contributed by atoms with Crippen LogP contribution in [0.4, 0.5) is 21.6 Å². The van der Waals surface area contributed by atoms with Gasteiger partial charge >= 0.3 is 0 Å². The Morgan fingerprint density at radius 2 is 1.92 bits per heavy atom. The van der Waals surface area contributed by atoms with Crippen LogP contribution in [0.25, 0.3) is 0 Å². The van der Waals surface area contributed by atoms with Crippen LogP contribution in [0.1, 0.15) is 16.1 Å². The number of carbonyl (C=O) groups excluding carboxylic acids is 1. The second-order valence-corrected chi connectivity index (χ2v) is 5.72. The molecule has 0 aliphatic rings. The molecule has 2 N–H and O–H groups in total. The average molecular weight is 357 g/mol. The molecule has 25 heavy (non-hydrogen) atoms. The van der Waals surface area contributed by atoms with Gasteiger partial charge in [0, 0.05) is 17.4 Å². The number of benzene rings is 2. The van der Waals surface area contributed by atoms with Gasteiger partial charge in [-0.3, -0.25) is 4.79 Å². The Bertz CT molecular complexity index is 932. The molecule has 0 aliphatic carbocycles. The van der Waals surface area contributed by atoms with Crippen molar-refractivity contribution in [3.63, 3.8) is 0 Å². The monoisotopic (exact) mass is 356 g/mol. The minimum absolute atomic E-state index is 0.0672. The Labute approximate surface area is 148 Å². The van der Waals surface area contributed by atoms with E-state index in [1.807, 2.05) is 31.2 Å². The third-order valence-corrected chi connectivity index (χ3v) is 3.77. The largest absolute Gasteiger partial charge is 0.340 e. The molecule has 3 rings (SSSR count). The van der Waals surface area contributed by atoms with Gasteiger partial charge in [0.2, 0.25) is 0 Å². The first-order chi connectivity index (χ1) is 12.0. The number of nitrogens with one attached hydrogen (secondary N) is 2. The van der Waals surface area contributed by atoms with Crippen molar-refractivity contribution in [2.24, 2.45) is 0 Å². The highest BCUT2D eigenvalue weighted by atomic mass is 35.5. The first-order valence-corrected chi connectivity index (χ1v) is 7.82. The molecule has 5 nitrogen and oxygen atoms in total. The number of hydrogen-bond acceptors (Lipinski definition) is 4. The fourth-order valence-corrected chi connectivity index (χ4v) is 2.35. The van der Waals surface area contributed by atoms with Gasteiger partial charge in [-0.05, 0) is 36.8 Å². The Hall–Kier alpha value is -2.99. The molecule has 0 bridgehead atoms. The normalized spacial score (nSPS) is 10.4. The summed E-state index contributed by atoms with van der Waals surface area (Å²) in [5.41, 5.74) is 2.49. The van der Waals surface area contributed by atoms with Crippen molar-refractivity contribution in [3.8, 4) is 0 Å². The van der Waals surface area contributed by atoms with E-state index in [9.17, 15) is 9.18 Å². The van der Waals surface area contributed by atoms with Crippen molar-refractivity contribution < 1.29 is 9.18 Å². The maximum atomic E-state index is 13.2. The van der Waals surface area contributed by atoms with E-state index in [0.717, 1.165) is 11.3 Å². The zero-order valence-electron chi connectivity index (χ0n) is 13.3. The van der Waals surface area contributed by atoms with Crippen LogP contribution in [0.15, 0.2) is 54.9 Å². The van der Waals surface area contributed by atoms with E-state index in [1.165, 1.54) is 30.6 Å². The molecule has 3 aromatic rings. The second-order valence-electron chi connectivity index (χ2n) is 5.31. The number of halogens is 2. The topological polar surface area (TPSA) is 66.9 Å². The van der Waals surface area contributed by atoms with Crippen molar-refractivity contribution in [1.82, 2.24) is 9.97 Å². The lowest BCUT2D eigenvalue weighted by molar-refractivity contribution is 0.102. The Morgan fingerprint density at radius 3 is 2.68 bits per heavy atom. The number of aromatic nitrogens is 2. The summed E-state index contributed by atoms with van der Waals surface area (Å²) in [5.74, 6) is -0.504. The van der Waals surface area contributed by atoms with Crippen LogP contribution in [0, 0.1) is 12.7 Å². The van der Waals surface area contributed by atoms with Crippen molar-refractivity contribution in [2.45, 2.75) is 6.92 Å². The van der Waals surface area contributed by atoms with E-state index >= 15 is 0 Å². The third-order valence-electron chi connectivity index (χ3n) is 3.48. The van der Waals surface area contributed by atoms with Gasteiger partial charge in [0.15, 0.2) is 0 Å². The Kier molecular flexibility index (Phi) is 4.90. The predicted octanol–water partition coefficient (Wildman–Crippen LogP) is 4.57. The molecule has 0 atom stereocenters. The number of hydrogen-bond donors (Lipinski definition) is 2. The molecule has 1 aromatic heterocycles. The lowest BCUT2D eigenvalue weighted by atomic mass is 10.2. The summed E-state index contributed by atoms with van der Waals surface area (Å²) in [6.07, 6.45) is 1.30. The molecule has 0 fully saturated rings. The third kappa shape index (κ3) is 4.10. The molecule has 0 radical (unpaired) electrons. The zero-order chi connectivity index (χ0) is 17.8. The Balaban J connectivity index is 1.77. The van der Waals surface area contributed by atoms with Crippen LogP contribution in [0.5, 0.6) is 0 Å². The first kappa shape index (κ1) is 16.9. The van der Waals surface area contributed by atoms with Gasteiger partial charge in [0.25, 0.3) is 5.91 Å². The van der Waals surface area contributed by atoms with Gasteiger partial charge < -0.3 is 10.6 Å². The fraction of sp³-hybridized carbons (Fsp3) is 0.0556. The fourth-order valence-electron chi connectivity index (χ4n) is 2.17. The number of amides is 1. The van der Waals surface area contributed by atoms with Gasteiger partial charge in [-0.25, -0.2) is 14.4 Å². The minimum Gasteiger partial charge on any atom is -0.340 e. The van der Waals surface area contributed by atoms with E-state index in [2.05, 4.69) is 20.6 Å². The average Bonchev–Trinajstić information content (AvgIpc) is 2.60. The van der Waals surface area contributed by atoms with Crippen LogP contribution >= 0.6 is 11.6 Å². The van der Waals surface area contributed by atoms with Gasteiger partial charge in [0.1, 0.15) is 23.7 Å². The molecule has 0 spiro atoms. The van der Waals surface area contributed by atoms with E-state index in [1.54, 1.807) is 0 Å². The number of rotatable bonds is 4. The molecule has 1 heterocycles. The number of carbonyl (C=O) groups is 1. The molecule has 0 saturated carbocycles. The predicted molar refractivity (Wildman–Crippen MR) is 95.9 cm³/mol. The van der Waals surface area contributed by atoms with Gasteiger partial charge in [-0.2, -0.15) is 0 Å². The van der Waals surface area contributed by atoms with Crippen molar-refractivity contribution in [1.29, 1.82) is 0 Å². The summed E-state index contributed by atoms with van der Waals surface area (Å²) in [7, 11) is 0. The van der Waals surface area contributed by atoms with E-state index in [-0.39, 0.29) is 10.7 Å². The highest BCUT2D eigenvalue weighted by Gasteiger charge is 2.11. The van der Waals surface area contributed by atoms with Crippen molar-refractivity contribution >= 4 is 34.7 Å². The maximum absolute atomic E-state index is 13.2. The second kappa shape index (κ2) is 7.27. The number of nitrogens with zero attached hydrogens (tertiary/aromatic N) is 2. The molecular weight excluding hydrogens is 343 g/mol. The molecule has 7 heteroatoms. The number of anilines is 3. The molecular formula is C18H14ClFN4O. The van der Waals surface area contributed by atoms with Gasteiger partial charge in [0.05, 0.1) is 5.02 Å². The molecule has 0 unspecified atom stereocenters. The quantitative estimate of drug-likeness (QED) is 0.718. The molecule has 1 amide bonds. The van der Waals surface area contributed by atoms with Crippen LogP contribution in [0.2, 0.25) is 5.02 Å². The van der Waals surface area contributed by atoms with Crippen LogP contribution in [-0.4, -0.2) is 15.9 Å². The lowest BCUT2D eigenvalue weighted by Crippen LogP contribution is -2.14. The Morgan fingerprint density at radius 1 is 1.12 bits per heavy atom.